The van der Waals surface area contributed by atoms with Crippen molar-refractivity contribution in [1.29, 1.82) is 0 Å². The highest BCUT2D eigenvalue weighted by Crippen LogP contribution is 2.26. The summed E-state index contributed by atoms with van der Waals surface area (Å²) < 4.78 is 7.22. The number of nitrogens with zero attached hydrogens (tertiary/aromatic N) is 3. The molecule has 0 bridgehead atoms. The van der Waals surface area contributed by atoms with Gasteiger partial charge < -0.3 is 10.1 Å². The molecule has 2 aromatic heterocycles. The summed E-state index contributed by atoms with van der Waals surface area (Å²) in [7, 11) is 0. The first kappa shape index (κ1) is 20.3. The van der Waals surface area contributed by atoms with Crippen molar-refractivity contribution in [3.05, 3.63) is 78.5 Å². The van der Waals surface area contributed by atoms with Gasteiger partial charge in [-0.3, -0.25) is 4.79 Å². The molecule has 1 unspecified atom stereocenters. The van der Waals surface area contributed by atoms with Gasteiger partial charge in [-0.15, -0.1) is 0 Å². The summed E-state index contributed by atoms with van der Waals surface area (Å²) in [5.41, 5.74) is 3.06. The van der Waals surface area contributed by atoms with E-state index in [0.717, 1.165) is 5.56 Å². The van der Waals surface area contributed by atoms with Crippen LogP contribution in [0.1, 0.15) is 24.2 Å². The van der Waals surface area contributed by atoms with E-state index in [1.54, 1.807) is 36.0 Å². The van der Waals surface area contributed by atoms with Gasteiger partial charge in [-0.05, 0) is 32.0 Å². The van der Waals surface area contributed by atoms with Crippen LogP contribution in [0.15, 0.2) is 72.9 Å². The van der Waals surface area contributed by atoms with E-state index in [1.165, 1.54) is 0 Å². The van der Waals surface area contributed by atoms with Crippen LogP contribution in [0.5, 0.6) is 0 Å². The Balaban J connectivity index is 1.64. The topological polar surface area (TPSA) is 86.1 Å². The largest absolute Gasteiger partial charge is 0.449 e. The first-order valence-electron chi connectivity index (χ1n) is 10.1. The molecule has 4 rings (SSSR count). The Morgan fingerprint density at radius 1 is 1.06 bits per heavy atom. The molecule has 0 fully saturated rings. The van der Waals surface area contributed by atoms with Gasteiger partial charge in [0.2, 0.25) is 0 Å². The number of pyridine rings is 1. The highest BCUT2D eigenvalue weighted by atomic mass is 16.5. The SMILES string of the molecule is CCn1ncc2c(C(=O)OC(C)C(=O)Nc3ccccc3)cc(-c3ccccc3)nc21. The number of nitrogens with one attached hydrogen (secondary N) is 1. The van der Waals surface area contributed by atoms with Crippen LogP contribution >= 0.6 is 0 Å². The third kappa shape index (κ3) is 4.30. The monoisotopic (exact) mass is 414 g/mol. The number of benzene rings is 2. The molecule has 0 aliphatic carbocycles. The number of fused-ring (bicyclic) bond motifs is 1. The van der Waals surface area contributed by atoms with Crippen LogP contribution in [0.2, 0.25) is 0 Å². The van der Waals surface area contributed by atoms with Crippen LogP contribution in [-0.4, -0.2) is 32.7 Å². The predicted molar refractivity (Wildman–Crippen MR) is 119 cm³/mol. The molecule has 0 saturated carbocycles. The normalized spacial score (nSPS) is 11.8. The maximum Gasteiger partial charge on any atom is 0.339 e. The smallest absolute Gasteiger partial charge is 0.339 e. The molecule has 156 valence electrons. The Kier molecular flexibility index (Phi) is 5.75. The number of hydrogen-bond acceptors (Lipinski definition) is 5. The fourth-order valence-corrected chi connectivity index (χ4v) is 3.25. The maximum absolute atomic E-state index is 13.0. The Hall–Kier alpha value is -4.00. The van der Waals surface area contributed by atoms with E-state index in [0.29, 0.717) is 34.5 Å². The van der Waals surface area contributed by atoms with Crippen LogP contribution in [0.3, 0.4) is 0 Å². The minimum Gasteiger partial charge on any atom is -0.449 e. The number of carbonyl (C=O) groups is 2. The number of ether oxygens (including phenoxy) is 1. The molecular formula is C24H22N4O3. The van der Waals surface area contributed by atoms with Crippen molar-refractivity contribution in [3.63, 3.8) is 0 Å². The molecule has 31 heavy (non-hydrogen) atoms. The van der Waals surface area contributed by atoms with E-state index in [2.05, 4.69) is 10.4 Å². The van der Waals surface area contributed by atoms with Gasteiger partial charge in [0.1, 0.15) is 0 Å². The molecule has 7 nitrogen and oxygen atoms in total. The van der Waals surface area contributed by atoms with Crippen LogP contribution < -0.4 is 5.32 Å². The average molecular weight is 414 g/mol. The Labute approximate surface area is 179 Å². The van der Waals surface area contributed by atoms with E-state index in [1.807, 2.05) is 55.5 Å². The van der Waals surface area contributed by atoms with Crippen molar-refractivity contribution in [2.24, 2.45) is 0 Å². The van der Waals surface area contributed by atoms with E-state index in [9.17, 15) is 9.59 Å². The number of para-hydroxylation sites is 1. The lowest BCUT2D eigenvalue weighted by Gasteiger charge is -2.14. The molecule has 0 saturated heterocycles. The van der Waals surface area contributed by atoms with Crippen LogP contribution in [0.25, 0.3) is 22.3 Å². The van der Waals surface area contributed by atoms with Gasteiger partial charge in [0.05, 0.1) is 22.8 Å². The molecule has 0 aliphatic heterocycles. The third-order valence-corrected chi connectivity index (χ3v) is 4.89. The number of hydrogen-bond donors (Lipinski definition) is 1. The van der Waals surface area contributed by atoms with Gasteiger partial charge in [-0.2, -0.15) is 5.10 Å². The lowest BCUT2D eigenvalue weighted by Crippen LogP contribution is -2.30. The third-order valence-electron chi connectivity index (χ3n) is 4.89. The summed E-state index contributed by atoms with van der Waals surface area (Å²) in [6.45, 7) is 4.11. The quantitative estimate of drug-likeness (QED) is 0.475. The van der Waals surface area contributed by atoms with Crippen LogP contribution in [0, 0.1) is 0 Å². The van der Waals surface area contributed by atoms with Crippen molar-refractivity contribution < 1.29 is 14.3 Å². The van der Waals surface area contributed by atoms with Gasteiger partial charge in [0.25, 0.3) is 5.91 Å². The number of aryl methyl sites for hydroxylation is 1. The first-order chi connectivity index (χ1) is 15.1. The standard InChI is InChI=1S/C24H22N4O3/c1-3-28-22-20(15-25-28)19(14-21(27-22)17-10-6-4-7-11-17)24(30)31-16(2)23(29)26-18-12-8-5-9-13-18/h4-16H,3H2,1-2H3,(H,26,29). The lowest BCUT2D eigenvalue weighted by atomic mass is 10.1. The fraction of sp³-hybridized carbons (Fsp3) is 0.167. The Bertz CT molecular complexity index is 1220. The lowest BCUT2D eigenvalue weighted by molar-refractivity contribution is -0.123. The van der Waals surface area contributed by atoms with Gasteiger partial charge in [-0.1, -0.05) is 48.5 Å². The molecule has 7 heteroatoms. The molecule has 4 aromatic rings. The number of anilines is 1. The summed E-state index contributed by atoms with van der Waals surface area (Å²) in [4.78, 5) is 30.2. The van der Waals surface area contributed by atoms with E-state index >= 15 is 0 Å². The van der Waals surface area contributed by atoms with Crippen molar-refractivity contribution in [3.8, 4) is 11.3 Å². The van der Waals surface area contributed by atoms with E-state index in [-0.39, 0.29) is 0 Å². The zero-order valence-corrected chi connectivity index (χ0v) is 17.3. The highest BCUT2D eigenvalue weighted by Gasteiger charge is 2.23. The minimum absolute atomic E-state index is 0.322. The molecular weight excluding hydrogens is 392 g/mol. The number of carbonyl (C=O) groups excluding carboxylic acids is 2. The van der Waals surface area contributed by atoms with Gasteiger partial charge >= 0.3 is 5.97 Å². The second-order valence-electron chi connectivity index (χ2n) is 7.02. The second kappa shape index (κ2) is 8.79. The second-order valence-corrected chi connectivity index (χ2v) is 7.02. The number of amides is 1. The van der Waals surface area contributed by atoms with Crippen molar-refractivity contribution >= 4 is 28.6 Å². The maximum atomic E-state index is 13.0. The molecule has 0 aliphatic rings. The van der Waals surface area contributed by atoms with Crippen LogP contribution in [0.4, 0.5) is 5.69 Å². The van der Waals surface area contributed by atoms with Crippen LogP contribution in [-0.2, 0) is 16.1 Å². The minimum atomic E-state index is -0.975. The Morgan fingerprint density at radius 3 is 2.42 bits per heavy atom. The molecule has 0 spiro atoms. The molecule has 1 atom stereocenters. The first-order valence-corrected chi connectivity index (χ1v) is 10.1. The van der Waals surface area contributed by atoms with Gasteiger partial charge in [-0.25, -0.2) is 14.5 Å². The summed E-state index contributed by atoms with van der Waals surface area (Å²) in [6, 6.07) is 20.3. The summed E-state index contributed by atoms with van der Waals surface area (Å²) in [6.07, 6.45) is 0.628. The number of rotatable bonds is 6. The highest BCUT2D eigenvalue weighted by molar-refractivity contribution is 6.05. The number of aromatic nitrogens is 3. The summed E-state index contributed by atoms with van der Waals surface area (Å²) in [5, 5.41) is 7.66. The van der Waals surface area contributed by atoms with Crippen molar-refractivity contribution in [2.75, 3.05) is 5.32 Å². The zero-order chi connectivity index (χ0) is 21.8. The average Bonchev–Trinajstić information content (AvgIpc) is 3.22. The summed E-state index contributed by atoms with van der Waals surface area (Å²) in [5.74, 6) is -1.01. The van der Waals surface area contributed by atoms with Crippen molar-refractivity contribution in [2.45, 2.75) is 26.5 Å². The molecule has 1 amide bonds. The van der Waals surface area contributed by atoms with Crippen molar-refractivity contribution in [1.82, 2.24) is 14.8 Å². The number of esters is 1. The van der Waals surface area contributed by atoms with Gasteiger partial charge in [0, 0.05) is 17.8 Å². The Morgan fingerprint density at radius 2 is 1.74 bits per heavy atom. The summed E-state index contributed by atoms with van der Waals surface area (Å²) >= 11 is 0. The molecule has 1 N–H and O–H groups in total. The fourth-order valence-electron chi connectivity index (χ4n) is 3.25. The van der Waals surface area contributed by atoms with E-state index in [4.69, 9.17) is 9.72 Å². The predicted octanol–water partition coefficient (Wildman–Crippen LogP) is 4.30. The molecule has 0 radical (unpaired) electrons. The zero-order valence-electron chi connectivity index (χ0n) is 17.3. The van der Waals surface area contributed by atoms with Gasteiger partial charge in [0.15, 0.2) is 11.8 Å². The molecule has 2 aromatic carbocycles. The van der Waals surface area contributed by atoms with E-state index < -0.39 is 18.0 Å². The molecule has 2 heterocycles.